The Bertz CT molecular complexity index is 825. The van der Waals surface area contributed by atoms with Crippen LogP contribution in [0.25, 0.3) is 11.1 Å². The number of carbonyl (C=O) groups is 1. The molecule has 138 valence electrons. The summed E-state index contributed by atoms with van der Waals surface area (Å²) in [5.41, 5.74) is 4.09. The van der Waals surface area contributed by atoms with Gasteiger partial charge in [0.1, 0.15) is 0 Å². The molecule has 1 aliphatic heterocycles. The molecule has 0 saturated heterocycles. The lowest BCUT2D eigenvalue weighted by atomic mass is 10.0. The zero-order valence-electron chi connectivity index (χ0n) is 15.8. The van der Waals surface area contributed by atoms with E-state index < -0.39 is 0 Å². The molecule has 1 saturated carbocycles. The third-order valence-electron chi connectivity index (χ3n) is 5.17. The Labute approximate surface area is 154 Å². The minimum Gasteiger partial charge on any atom is -0.446 e. The van der Waals surface area contributed by atoms with Gasteiger partial charge in [-0.25, -0.2) is 4.79 Å². The number of likely N-dealkylation sites (N-methyl/N-ethyl adjacent to an activating group) is 1. The summed E-state index contributed by atoms with van der Waals surface area (Å²) in [7, 11) is 2.07. The number of carbonyl (C=O) groups excluding carboxylic acids is 1. The molecule has 4 rings (SSSR count). The molecule has 1 atom stereocenters. The largest absolute Gasteiger partial charge is 0.446 e. The van der Waals surface area contributed by atoms with Gasteiger partial charge in [-0.15, -0.1) is 0 Å². The highest BCUT2D eigenvalue weighted by molar-refractivity contribution is 5.95. The highest BCUT2D eigenvalue weighted by Gasteiger charge is 2.31. The number of anilines is 2. The molecule has 26 heavy (non-hydrogen) atoms. The van der Waals surface area contributed by atoms with Crippen LogP contribution in [-0.2, 0) is 4.74 Å². The maximum absolute atomic E-state index is 12.6. The van der Waals surface area contributed by atoms with E-state index in [4.69, 9.17) is 4.74 Å². The van der Waals surface area contributed by atoms with Crippen molar-refractivity contribution in [3.8, 4) is 11.1 Å². The zero-order valence-corrected chi connectivity index (χ0v) is 15.8. The molecule has 6 nitrogen and oxygen atoms in total. The van der Waals surface area contributed by atoms with Gasteiger partial charge in [0.15, 0.2) is 0 Å². The van der Waals surface area contributed by atoms with Crippen molar-refractivity contribution in [3.63, 3.8) is 0 Å². The minimum absolute atomic E-state index is 0.138. The Hall–Kier alpha value is -2.50. The summed E-state index contributed by atoms with van der Waals surface area (Å²) in [6.07, 6.45) is 6.01. The van der Waals surface area contributed by atoms with E-state index in [2.05, 4.69) is 48.4 Å². The summed E-state index contributed by atoms with van der Waals surface area (Å²) in [6.45, 7) is 6.48. The molecule has 0 radical (unpaired) electrons. The molecule has 1 fully saturated rings. The van der Waals surface area contributed by atoms with Gasteiger partial charge in [0.2, 0.25) is 0 Å². The van der Waals surface area contributed by atoms with Gasteiger partial charge in [-0.05, 0) is 51.3 Å². The summed E-state index contributed by atoms with van der Waals surface area (Å²) < 4.78 is 7.52. The van der Waals surface area contributed by atoms with Crippen LogP contribution in [0.2, 0.25) is 0 Å². The van der Waals surface area contributed by atoms with E-state index in [1.165, 1.54) is 12.8 Å². The normalized spacial score (nSPS) is 19.7. The number of aromatic nitrogens is 2. The summed E-state index contributed by atoms with van der Waals surface area (Å²) >= 11 is 0. The number of ether oxygens (including phenoxy) is 1. The van der Waals surface area contributed by atoms with Gasteiger partial charge >= 0.3 is 6.09 Å². The van der Waals surface area contributed by atoms with Gasteiger partial charge in [-0.1, -0.05) is 6.07 Å². The van der Waals surface area contributed by atoms with E-state index in [0.29, 0.717) is 12.6 Å². The monoisotopic (exact) mass is 354 g/mol. The first-order valence-electron chi connectivity index (χ1n) is 9.33. The molecule has 1 unspecified atom stereocenters. The highest BCUT2D eigenvalue weighted by Crippen LogP contribution is 2.39. The van der Waals surface area contributed by atoms with Crippen LogP contribution in [0.5, 0.6) is 0 Å². The molecule has 1 aromatic carbocycles. The van der Waals surface area contributed by atoms with Gasteiger partial charge in [-0.2, -0.15) is 5.10 Å². The predicted molar refractivity (Wildman–Crippen MR) is 103 cm³/mol. The highest BCUT2D eigenvalue weighted by atomic mass is 16.6. The molecule has 0 N–H and O–H groups in total. The van der Waals surface area contributed by atoms with E-state index in [9.17, 15) is 4.79 Å². The molecule has 1 aromatic heterocycles. The standard InChI is InChI=1S/C20H26N4O2/c1-13(2)26-20(25)23-11-14(3)22(4)18-8-5-15(9-19(18)23)16-10-21-24(12-16)17-6-7-17/h5,8-10,12-14,17H,6-7,11H2,1-4H3. The van der Waals surface area contributed by atoms with Crippen LogP contribution >= 0.6 is 0 Å². The van der Waals surface area contributed by atoms with Crippen LogP contribution in [0.15, 0.2) is 30.6 Å². The van der Waals surface area contributed by atoms with Crippen molar-refractivity contribution in [2.24, 2.45) is 0 Å². The average molecular weight is 354 g/mol. The van der Waals surface area contributed by atoms with Crippen molar-refractivity contribution in [2.45, 2.75) is 51.8 Å². The number of amides is 1. The molecule has 1 amide bonds. The van der Waals surface area contributed by atoms with Gasteiger partial charge in [0, 0.05) is 31.4 Å². The lowest BCUT2D eigenvalue weighted by Crippen LogP contribution is -2.48. The Balaban J connectivity index is 1.71. The molecule has 0 bridgehead atoms. The van der Waals surface area contributed by atoms with Crippen LogP contribution in [-0.4, -0.2) is 41.6 Å². The van der Waals surface area contributed by atoms with Gasteiger partial charge in [0.25, 0.3) is 0 Å². The third-order valence-corrected chi connectivity index (χ3v) is 5.17. The maximum atomic E-state index is 12.6. The predicted octanol–water partition coefficient (Wildman–Crippen LogP) is 4.07. The quantitative estimate of drug-likeness (QED) is 0.833. The van der Waals surface area contributed by atoms with E-state index in [1.807, 2.05) is 24.7 Å². The molecule has 2 aromatic rings. The fourth-order valence-electron chi connectivity index (χ4n) is 3.40. The number of nitrogens with zero attached hydrogens (tertiary/aromatic N) is 4. The van der Waals surface area contributed by atoms with Crippen LogP contribution in [0.3, 0.4) is 0 Å². The van der Waals surface area contributed by atoms with E-state index >= 15 is 0 Å². The van der Waals surface area contributed by atoms with Gasteiger partial charge < -0.3 is 9.64 Å². The lowest BCUT2D eigenvalue weighted by molar-refractivity contribution is 0.122. The van der Waals surface area contributed by atoms with Crippen molar-refractivity contribution in [1.82, 2.24) is 9.78 Å². The van der Waals surface area contributed by atoms with Gasteiger partial charge in [-0.3, -0.25) is 9.58 Å². The molecule has 6 heteroatoms. The summed E-state index contributed by atoms with van der Waals surface area (Å²) in [6, 6.07) is 7.06. The Kier molecular flexibility index (Phi) is 4.13. The van der Waals surface area contributed by atoms with Crippen molar-refractivity contribution in [1.29, 1.82) is 0 Å². The van der Waals surface area contributed by atoms with Crippen LogP contribution < -0.4 is 9.80 Å². The van der Waals surface area contributed by atoms with Crippen molar-refractivity contribution in [3.05, 3.63) is 30.6 Å². The number of hydrogen-bond acceptors (Lipinski definition) is 4. The van der Waals surface area contributed by atoms with Crippen LogP contribution in [0.1, 0.15) is 39.7 Å². The second kappa shape index (κ2) is 6.34. The van der Waals surface area contributed by atoms with E-state index in [0.717, 1.165) is 22.5 Å². The first-order valence-corrected chi connectivity index (χ1v) is 9.33. The second-order valence-electron chi connectivity index (χ2n) is 7.65. The fourth-order valence-corrected chi connectivity index (χ4v) is 3.40. The van der Waals surface area contributed by atoms with E-state index in [1.54, 1.807) is 4.90 Å². The van der Waals surface area contributed by atoms with Crippen LogP contribution in [0, 0.1) is 0 Å². The smallest absolute Gasteiger partial charge is 0.414 e. The summed E-state index contributed by atoms with van der Waals surface area (Å²) in [5, 5.41) is 4.49. The Morgan fingerprint density at radius 1 is 1.23 bits per heavy atom. The number of hydrogen-bond donors (Lipinski definition) is 0. The summed E-state index contributed by atoms with van der Waals surface area (Å²) in [4.78, 5) is 16.6. The Morgan fingerprint density at radius 2 is 2.00 bits per heavy atom. The molecular weight excluding hydrogens is 328 g/mol. The second-order valence-corrected chi connectivity index (χ2v) is 7.65. The minimum atomic E-state index is -0.285. The Morgan fingerprint density at radius 3 is 2.69 bits per heavy atom. The molecule has 1 aliphatic carbocycles. The molecular formula is C20H26N4O2. The fraction of sp³-hybridized carbons (Fsp3) is 0.500. The van der Waals surface area contributed by atoms with Crippen molar-refractivity contribution in [2.75, 3.05) is 23.4 Å². The number of benzene rings is 1. The molecule has 2 heterocycles. The van der Waals surface area contributed by atoms with E-state index in [-0.39, 0.29) is 18.2 Å². The molecule has 0 spiro atoms. The van der Waals surface area contributed by atoms with Gasteiger partial charge in [0.05, 0.1) is 29.7 Å². The maximum Gasteiger partial charge on any atom is 0.414 e. The number of fused-ring (bicyclic) bond motifs is 1. The first-order chi connectivity index (χ1) is 12.4. The summed E-state index contributed by atoms with van der Waals surface area (Å²) in [5.74, 6) is 0. The van der Waals surface area contributed by atoms with Crippen molar-refractivity contribution < 1.29 is 9.53 Å². The van der Waals surface area contributed by atoms with Crippen molar-refractivity contribution >= 4 is 17.5 Å². The lowest BCUT2D eigenvalue weighted by Gasteiger charge is -2.40. The van der Waals surface area contributed by atoms with Crippen LogP contribution in [0.4, 0.5) is 16.2 Å². The SMILES string of the molecule is CC(C)OC(=O)N1CC(C)N(C)c2ccc(-c3cnn(C4CC4)c3)cc21. The average Bonchev–Trinajstić information content (AvgIpc) is 3.34. The number of rotatable bonds is 3. The third kappa shape index (κ3) is 3.04. The molecule has 2 aliphatic rings. The topological polar surface area (TPSA) is 50.6 Å². The first kappa shape index (κ1) is 16.9. The zero-order chi connectivity index (χ0) is 18.4.